The van der Waals surface area contributed by atoms with E-state index in [4.69, 9.17) is 0 Å². The Morgan fingerprint density at radius 3 is 2.50 bits per heavy atom. The fraction of sp³-hybridized carbons (Fsp3) is 0.364. The predicted molar refractivity (Wildman–Crippen MR) is 120 cm³/mol. The van der Waals surface area contributed by atoms with Crippen molar-refractivity contribution in [3.8, 4) is 5.69 Å². The summed E-state index contributed by atoms with van der Waals surface area (Å²) >= 11 is 3.45. The van der Waals surface area contributed by atoms with Crippen LogP contribution >= 0.6 is 15.9 Å². The number of carbonyl (C=O) groups is 1. The molecule has 1 aliphatic carbocycles. The molecule has 7 nitrogen and oxygen atoms in total. The van der Waals surface area contributed by atoms with Gasteiger partial charge in [-0.2, -0.15) is 0 Å². The summed E-state index contributed by atoms with van der Waals surface area (Å²) in [7, 11) is 0. The molecule has 1 aliphatic rings. The number of aromatic nitrogens is 4. The van der Waals surface area contributed by atoms with Crippen molar-refractivity contribution in [1.82, 2.24) is 25.3 Å². The zero-order chi connectivity index (χ0) is 21.1. The van der Waals surface area contributed by atoms with E-state index in [1.54, 1.807) is 4.68 Å². The van der Waals surface area contributed by atoms with Crippen LogP contribution in [0.25, 0.3) is 5.69 Å². The average Bonchev–Trinajstić information content (AvgIpc) is 3.52. The number of hydrogen-bond acceptors (Lipinski definition) is 5. The molecule has 1 fully saturated rings. The molecule has 1 N–H and O–H groups in total. The van der Waals surface area contributed by atoms with Crippen molar-refractivity contribution in [3.63, 3.8) is 0 Å². The van der Waals surface area contributed by atoms with E-state index in [0.717, 1.165) is 53.2 Å². The van der Waals surface area contributed by atoms with Crippen LogP contribution in [0.3, 0.4) is 0 Å². The smallest absolute Gasteiger partial charge is 0.274 e. The van der Waals surface area contributed by atoms with Crippen molar-refractivity contribution in [3.05, 3.63) is 64.0 Å². The minimum Gasteiger partial charge on any atom is -0.357 e. The molecule has 0 saturated heterocycles. The molecule has 30 heavy (non-hydrogen) atoms. The van der Waals surface area contributed by atoms with Crippen molar-refractivity contribution in [1.29, 1.82) is 0 Å². The topological polar surface area (TPSA) is 75.9 Å². The fourth-order valence-corrected chi connectivity index (χ4v) is 3.73. The lowest BCUT2D eigenvalue weighted by molar-refractivity contribution is 0.0944. The Kier molecular flexibility index (Phi) is 6.13. The summed E-state index contributed by atoms with van der Waals surface area (Å²) in [4.78, 5) is 19.6. The van der Waals surface area contributed by atoms with E-state index >= 15 is 0 Å². The maximum absolute atomic E-state index is 12.9. The van der Waals surface area contributed by atoms with E-state index < -0.39 is 0 Å². The summed E-state index contributed by atoms with van der Waals surface area (Å²) in [6.07, 6.45) is 3.93. The number of nitrogens with zero attached hydrogens (tertiary/aromatic N) is 5. The summed E-state index contributed by atoms with van der Waals surface area (Å²) in [5.74, 6) is 1.08. The molecule has 2 heterocycles. The Balaban J connectivity index is 1.48. The highest BCUT2D eigenvalue weighted by Gasteiger charge is 2.34. The van der Waals surface area contributed by atoms with Crippen LogP contribution in [0.1, 0.15) is 54.4 Å². The van der Waals surface area contributed by atoms with Gasteiger partial charge in [0.1, 0.15) is 5.82 Å². The second kappa shape index (κ2) is 8.95. The zero-order valence-electron chi connectivity index (χ0n) is 17.2. The third-order valence-corrected chi connectivity index (χ3v) is 5.83. The van der Waals surface area contributed by atoms with Crippen molar-refractivity contribution < 1.29 is 4.79 Å². The molecular formula is C22H25BrN6O. The van der Waals surface area contributed by atoms with Gasteiger partial charge in [-0.05, 0) is 62.6 Å². The molecule has 1 amide bonds. The van der Waals surface area contributed by atoms with Crippen LogP contribution in [-0.4, -0.2) is 39.0 Å². The van der Waals surface area contributed by atoms with E-state index in [2.05, 4.69) is 55.3 Å². The molecule has 0 radical (unpaired) electrons. The minimum absolute atomic E-state index is 0.201. The average molecular weight is 469 g/mol. The highest BCUT2D eigenvalue weighted by molar-refractivity contribution is 9.10. The number of rotatable bonds is 8. The van der Waals surface area contributed by atoms with Crippen molar-refractivity contribution in [2.45, 2.75) is 39.2 Å². The number of hydrogen-bond donors (Lipinski definition) is 1. The number of benzene rings is 1. The van der Waals surface area contributed by atoms with Gasteiger partial charge in [-0.25, -0.2) is 9.67 Å². The van der Waals surface area contributed by atoms with Crippen LogP contribution in [0.15, 0.2) is 47.1 Å². The molecule has 1 aromatic carbocycles. The molecule has 1 saturated carbocycles. The van der Waals surface area contributed by atoms with Gasteiger partial charge in [0, 0.05) is 36.2 Å². The van der Waals surface area contributed by atoms with Gasteiger partial charge in [-0.1, -0.05) is 27.2 Å². The van der Waals surface area contributed by atoms with Gasteiger partial charge >= 0.3 is 0 Å². The Bertz CT molecular complexity index is 1010. The second-order valence-electron chi connectivity index (χ2n) is 7.37. The molecule has 0 aliphatic heterocycles. The predicted octanol–water partition coefficient (Wildman–Crippen LogP) is 4.08. The first-order valence-electron chi connectivity index (χ1n) is 10.3. The molecule has 2 aromatic heterocycles. The summed E-state index contributed by atoms with van der Waals surface area (Å²) in [5, 5.41) is 11.5. The summed E-state index contributed by atoms with van der Waals surface area (Å²) in [5.41, 5.74) is 3.16. The molecule has 8 heteroatoms. The first-order chi connectivity index (χ1) is 14.6. The third-order valence-electron chi connectivity index (χ3n) is 5.30. The number of pyridine rings is 1. The number of halogens is 1. The highest BCUT2D eigenvalue weighted by Crippen LogP contribution is 2.42. The molecule has 0 spiro atoms. The van der Waals surface area contributed by atoms with Crippen LogP contribution in [0, 0.1) is 0 Å². The lowest BCUT2D eigenvalue weighted by Crippen LogP contribution is -2.25. The van der Waals surface area contributed by atoms with E-state index in [-0.39, 0.29) is 5.91 Å². The maximum Gasteiger partial charge on any atom is 0.274 e. The van der Waals surface area contributed by atoms with Crippen molar-refractivity contribution in [2.24, 2.45) is 0 Å². The van der Waals surface area contributed by atoms with E-state index in [0.29, 0.717) is 18.2 Å². The van der Waals surface area contributed by atoms with Crippen LogP contribution in [0.4, 0.5) is 5.82 Å². The normalized spacial score (nSPS) is 13.3. The van der Waals surface area contributed by atoms with Gasteiger partial charge in [0.05, 0.1) is 11.4 Å². The largest absolute Gasteiger partial charge is 0.357 e. The quantitative estimate of drug-likeness (QED) is 0.538. The van der Waals surface area contributed by atoms with Crippen LogP contribution in [0.2, 0.25) is 0 Å². The summed E-state index contributed by atoms with van der Waals surface area (Å²) in [6, 6.07) is 11.9. The second-order valence-corrected chi connectivity index (χ2v) is 8.28. The first-order valence-corrected chi connectivity index (χ1v) is 11.1. The van der Waals surface area contributed by atoms with Gasteiger partial charge in [0.15, 0.2) is 5.69 Å². The van der Waals surface area contributed by atoms with Crippen molar-refractivity contribution in [2.75, 3.05) is 18.0 Å². The fourth-order valence-electron chi connectivity index (χ4n) is 3.47. The molecule has 0 bridgehead atoms. The molecule has 156 valence electrons. The number of carbonyl (C=O) groups excluding carboxylic acids is 1. The van der Waals surface area contributed by atoms with Gasteiger partial charge in [-0.3, -0.25) is 4.79 Å². The zero-order valence-corrected chi connectivity index (χ0v) is 18.8. The van der Waals surface area contributed by atoms with Gasteiger partial charge < -0.3 is 10.2 Å². The minimum atomic E-state index is -0.201. The molecule has 0 unspecified atom stereocenters. The molecule has 3 aromatic rings. The van der Waals surface area contributed by atoms with E-state index in [9.17, 15) is 4.79 Å². The first kappa shape index (κ1) is 20.5. The summed E-state index contributed by atoms with van der Waals surface area (Å²) in [6.45, 7) is 6.45. The van der Waals surface area contributed by atoms with Crippen LogP contribution in [-0.2, 0) is 6.54 Å². The Morgan fingerprint density at radius 1 is 1.17 bits per heavy atom. The lowest BCUT2D eigenvalue weighted by Gasteiger charge is -2.19. The highest BCUT2D eigenvalue weighted by atomic mass is 79.9. The van der Waals surface area contributed by atoms with Crippen LogP contribution < -0.4 is 10.2 Å². The number of amides is 1. The number of nitrogens with one attached hydrogen (secondary N) is 1. The standard InChI is InChI=1S/C22H25BrN6O/c1-3-28(4-2)19-12-5-15(13-24-19)14-25-22(30)20-21(16-6-7-16)29(27-26-20)18-10-8-17(23)9-11-18/h5,8-13,16H,3-4,6-7,14H2,1-2H3,(H,25,30). The van der Waals surface area contributed by atoms with E-state index in [1.807, 2.05) is 42.6 Å². The van der Waals surface area contributed by atoms with Gasteiger partial charge in [0.2, 0.25) is 0 Å². The van der Waals surface area contributed by atoms with Gasteiger partial charge in [0.25, 0.3) is 5.91 Å². The monoisotopic (exact) mass is 468 g/mol. The Hall–Kier alpha value is -2.74. The Labute approximate surface area is 184 Å². The van der Waals surface area contributed by atoms with E-state index in [1.165, 1.54) is 0 Å². The maximum atomic E-state index is 12.9. The Morgan fingerprint density at radius 2 is 1.90 bits per heavy atom. The summed E-state index contributed by atoms with van der Waals surface area (Å²) < 4.78 is 2.79. The lowest BCUT2D eigenvalue weighted by atomic mass is 10.2. The SMILES string of the molecule is CCN(CC)c1ccc(CNC(=O)c2nnn(-c3ccc(Br)cc3)c2C2CC2)cn1. The van der Waals surface area contributed by atoms with Crippen molar-refractivity contribution >= 4 is 27.7 Å². The van der Waals surface area contributed by atoms with Gasteiger partial charge in [-0.15, -0.1) is 5.10 Å². The molecule has 0 atom stereocenters. The molecular weight excluding hydrogens is 444 g/mol. The van der Waals surface area contributed by atoms with Crippen LogP contribution in [0.5, 0.6) is 0 Å². The third kappa shape index (κ3) is 4.38. The number of anilines is 1. The molecule has 4 rings (SSSR count).